The zero-order valence-electron chi connectivity index (χ0n) is 22.2. The van der Waals surface area contributed by atoms with Crippen LogP contribution in [0.2, 0.25) is 0 Å². The number of rotatable bonds is 7. The quantitative estimate of drug-likeness (QED) is 0.437. The summed E-state index contributed by atoms with van der Waals surface area (Å²) in [4.78, 5) is 30.0. The van der Waals surface area contributed by atoms with Gasteiger partial charge < -0.3 is 20.0 Å². The van der Waals surface area contributed by atoms with Gasteiger partial charge in [0.15, 0.2) is 0 Å². The molecule has 0 spiro atoms. The second-order valence-electron chi connectivity index (χ2n) is 10.1. The zero-order valence-corrected chi connectivity index (χ0v) is 23.1. The number of aromatic carboxylic acids is 1. The molecule has 1 unspecified atom stereocenters. The predicted octanol–water partition coefficient (Wildman–Crippen LogP) is 4.14. The summed E-state index contributed by atoms with van der Waals surface area (Å²) in [5.74, 6) is -3.00. The van der Waals surface area contributed by atoms with Crippen molar-refractivity contribution in [3.05, 3.63) is 47.2 Å². The van der Waals surface area contributed by atoms with Crippen molar-refractivity contribution in [2.24, 2.45) is 5.92 Å². The van der Waals surface area contributed by atoms with Gasteiger partial charge in [0.05, 0.1) is 16.8 Å². The van der Waals surface area contributed by atoms with Crippen LogP contribution in [0, 0.1) is 19.8 Å². The molecule has 1 aromatic carbocycles. The van der Waals surface area contributed by atoms with Crippen molar-refractivity contribution in [1.82, 2.24) is 9.88 Å². The van der Waals surface area contributed by atoms with Gasteiger partial charge in [0, 0.05) is 19.6 Å². The number of carbonyl (C=O) groups is 2. The van der Waals surface area contributed by atoms with E-state index >= 15 is 0 Å². The van der Waals surface area contributed by atoms with E-state index in [2.05, 4.69) is 14.6 Å². The number of alkyl halides is 3. The Morgan fingerprint density at radius 3 is 2.17 bits per heavy atom. The van der Waals surface area contributed by atoms with Crippen molar-refractivity contribution < 1.29 is 41.4 Å². The van der Waals surface area contributed by atoms with Crippen molar-refractivity contribution in [3.8, 4) is 0 Å². The van der Waals surface area contributed by atoms with Crippen LogP contribution in [0.5, 0.6) is 0 Å². The topological polar surface area (TPSA) is 140 Å². The first kappa shape index (κ1) is 31.1. The molecule has 4 rings (SSSR count). The van der Waals surface area contributed by atoms with Crippen molar-refractivity contribution in [2.75, 3.05) is 42.3 Å². The molecule has 0 bridgehead atoms. The van der Waals surface area contributed by atoms with Gasteiger partial charge in [-0.2, -0.15) is 13.2 Å². The molecule has 1 aromatic heterocycles. The molecule has 2 aromatic rings. The maximum absolute atomic E-state index is 12.9. The number of halogens is 3. The molecular formula is C26H33F3N4O6S. The number of nitrogens with one attached hydrogen (secondary N) is 1. The normalized spacial score (nSPS) is 18.1. The lowest BCUT2D eigenvalue weighted by Gasteiger charge is -2.36. The molecule has 2 aliphatic rings. The van der Waals surface area contributed by atoms with Crippen molar-refractivity contribution in [2.45, 2.75) is 50.6 Å². The fraction of sp³-hybridized carbons (Fsp3) is 0.500. The number of nitrogens with zero attached hydrogens (tertiary/aromatic N) is 3. The Morgan fingerprint density at radius 2 is 1.62 bits per heavy atom. The Hall–Kier alpha value is -3.39. The number of aryl methyl sites for hydroxylation is 2. The van der Waals surface area contributed by atoms with Crippen LogP contribution in [0.25, 0.3) is 0 Å². The van der Waals surface area contributed by atoms with Crippen LogP contribution in [0.1, 0.15) is 47.2 Å². The second kappa shape index (κ2) is 12.9. The average molecular weight is 587 g/mol. The Kier molecular flexibility index (Phi) is 10.0. The van der Waals surface area contributed by atoms with Crippen LogP contribution in [0.4, 0.5) is 24.7 Å². The SMILES string of the molecule is Cc1cc(C)cc(S(=O)(=O)Nc2cnc(N3CCCC(CN4CCCC4)C3)c(C(=O)O)c2)c1.O=C(O)C(F)(F)F. The van der Waals surface area contributed by atoms with Crippen LogP contribution in [0.3, 0.4) is 0 Å². The van der Waals surface area contributed by atoms with Gasteiger partial charge in [0.25, 0.3) is 10.0 Å². The molecule has 40 heavy (non-hydrogen) atoms. The molecule has 0 saturated carbocycles. The fourth-order valence-electron chi connectivity index (χ4n) is 4.96. The molecule has 2 aliphatic heterocycles. The number of hydrogen-bond donors (Lipinski definition) is 3. The first-order valence-corrected chi connectivity index (χ1v) is 14.3. The summed E-state index contributed by atoms with van der Waals surface area (Å²) in [6, 6.07) is 6.44. The third-order valence-electron chi connectivity index (χ3n) is 6.63. The number of aromatic nitrogens is 1. The summed E-state index contributed by atoms with van der Waals surface area (Å²) in [5, 5.41) is 17.0. The molecule has 2 saturated heterocycles. The van der Waals surface area contributed by atoms with Crippen LogP contribution in [-0.2, 0) is 14.8 Å². The van der Waals surface area contributed by atoms with Gasteiger partial charge in [-0.15, -0.1) is 0 Å². The van der Waals surface area contributed by atoms with E-state index in [1.54, 1.807) is 12.1 Å². The summed E-state index contributed by atoms with van der Waals surface area (Å²) in [6.45, 7) is 8.50. The highest BCUT2D eigenvalue weighted by Gasteiger charge is 2.38. The average Bonchev–Trinajstić information content (AvgIpc) is 3.36. The standard InChI is InChI=1S/C24H32N4O4S.C2HF3O2/c1-17-10-18(2)12-21(11-17)33(31,32)26-20-13-22(24(29)30)23(25-14-20)28-9-5-6-19(16-28)15-27-7-3-4-8-27;3-2(4,5)1(6)7/h10-14,19,26H,3-9,15-16H2,1-2H3,(H,29,30);(H,6,7). The minimum absolute atomic E-state index is 0.0115. The number of anilines is 2. The van der Waals surface area contributed by atoms with Crippen LogP contribution in [-0.4, -0.2) is 79.4 Å². The van der Waals surface area contributed by atoms with Crippen molar-refractivity contribution in [3.63, 3.8) is 0 Å². The Balaban J connectivity index is 0.000000559. The highest BCUT2D eigenvalue weighted by molar-refractivity contribution is 7.92. The number of sulfonamides is 1. The van der Waals surface area contributed by atoms with E-state index < -0.39 is 28.1 Å². The number of carboxylic acids is 2. The Labute approximate surface area is 230 Å². The number of carboxylic acid groups (broad SMARTS) is 2. The predicted molar refractivity (Wildman–Crippen MR) is 142 cm³/mol. The second-order valence-corrected chi connectivity index (χ2v) is 11.8. The highest BCUT2D eigenvalue weighted by atomic mass is 32.2. The minimum Gasteiger partial charge on any atom is -0.478 e. The number of piperidine rings is 1. The van der Waals surface area contributed by atoms with Gasteiger partial charge in [0.1, 0.15) is 11.4 Å². The molecule has 3 heterocycles. The van der Waals surface area contributed by atoms with E-state index in [9.17, 15) is 31.5 Å². The van der Waals surface area contributed by atoms with Gasteiger partial charge in [-0.05, 0) is 87.9 Å². The molecule has 3 N–H and O–H groups in total. The summed E-state index contributed by atoms with van der Waals surface area (Å²) in [5.41, 5.74) is 1.82. The summed E-state index contributed by atoms with van der Waals surface area (Å²) < 4.78 is 60.0. The molecule has 0 aliphatic carbocycles. The van der Waals surface area contributed by atoms with E-state index in [-0.39, 0.29) is 16.1 Å². The number of benzene rings is 1. The molecule has 0 radical (unpaired) electrons. The van der Waals surface area contributed by atoms with Crippen LogP contribution < -0.4 is 9.62 Å². The van der Waals surface area contributed by atoms with E-state index in [0.29, 0.717) is 11.7 Å². The minimum atomic E-state index is -5.08. The van der Waals surface area contributed by atoms with Gasteiger partial charge in [-0.25, -0.2) is 23.0 Å². The molecule has 220 valence electrons. The lowest BCUT2D eigenvalue weighted by molar-refractivity contribution is -0.192. The lowest BCUT2D eigenvalue weighted by Crippen LogP contribution is -2.41. The van der Waals surface area contributed by atoms with Crippen molar-refractivity contribution >= 4 is 33.5 Å². The van der Waals surface area contributed by atoms with E-state index in [1.165, 1.54) is 25.1 Å². The van der Waals surface area contributed by atoms with Crippen LogP contribution in [0.15, 0.2) is 35.4 Å². The third-order valence-corrected chi connectivity index (χ3v) is 7.99. The van der Waals surface area contributed by atoms with E-state index in [0.717, 1.165) is 56.7 Å². The summed E-state index contributed by atoms with van der Waals surface area (Å²) in [7, 11) is -3.86. The summed E-state index contributed by atoms with van der Waals surface area (Å²) >= 11 is 0. The lowest BCUT2D eigenvalue weighted by atomic mass is 9.97. The maximum atomic E-state index is 12.9. The van der Waals surface area contributed by atoms with Crippen molar-refractivity contribution in [1.29, 1.82) is 0 Å². The number of likely N-dealkylation sites (tertiary alicyclic amines) is 1. The maximum Gasteiger partial charge on any atom is 0.490 e. The zero-order chi connectivity index (χ0) is 29.7. The number of hydrogen-bond acceptors (Lipinski definition) is 7. The first-order valence-electron chi connectivity index (χ1n) is 12.8. The molecule has 0 amide bonds. The molecular weight excluding hydrogens is 553 g/mol. The molecule has 10 nitrogen and oxygen atoms in total. The van der Waals surface area contributed by atoms with Gasteiger partial charge >= 0.3 is 18.1 Å². The highest BCUT2D eigenvalue weighted by Crippen LogP contribution is 2.28. The summed E-state index contributed by atoms with van der Waals surface area (Å²) in [6.07, 6.45) is 0.941. The fourth-order valence-corrected chi connectivity index (χ4v) is 6.18. The smallest absolute Gasteiger partial charge is 0.478 e. The molecule has 14 heteroatoms. The number of pyridine rings is 1. The van der Waals surface area contributed by atoms with Gasteiger partial charge in [-0.1, -0.05) is 6.07 Å². The monoisotopic (exact) mass is 586 g/mol. The van der Waals surface area contributed by atoms with E-state index in [4.69, 9.17) is 9.90 Å². The largest absolute Gasteiger partial charge is 0.490 e. The van der Waals surface area contributed by atoms with Crippen LogP contribution >= 0.6 is 0 Å². The van der Waals surface area contributed by atoms with E-state index in [1.807, 2.05) is 24.8 Å². The molecule has 1 atom stereocenters. The van der Waals surface area contributed by atoms with Gasteiger partial charge in [-0.3, -0.25) is 4.72 Å². The third kappa shape index (κ3) is 8.55. The number of aliphatic carboxylic acids is 1. The van der Waals surface area contributed by atoms with Gasteiger partial charge in [0.2, 0.25) is 0 Å². The first-order chi connectivity index (χ1) is 18.7. The molecule has 2 fully saturated rings. The Morgan fingerprint density at radius 1 is 1.02 bits per heavy atom. The Bertz CT molecular complexity index is 1310.